The predicted molar refractivity (Wildman–Crippen MR) is 66.4 cm³/mol. The highest BCUT2D eigenvalue weighted by Crippen LogP contribution is 2.25. The van der Waals surface area contributed by atoms with E-state index < -0.39 is 0 Å². The molecule has 1 fully saturated rings. The Morgan fingerprint density at radius 2 is 2.29 bits per heavy atom. The first-order chi connectivity index (χ1) is 8.36. The molecule has 0 aromatic carbocycles. The van der Waals surface area contributed by atoms with Crippen LogP contribution in [-0.4, -0.2) is 21.1 Å². The summed E-state index contributed by atoms with van der Waals surface area (Å²) in [5.41, 5.74) is 2.06. The van der Waals surface area contributed by atoms with Gasteiger partial charge in [-0.25, -0.2) is 4.98 Å². The van der Waals surface area contributed by atoms with E-state index in [1.54, 1.807) is 0 Å². The van der Waals surface area contributed by atoms with Crippen molar-refractivity contribution in [2.24, 2.45) is 7.05 Å². The van der Waals surface area contributed by atoms with Gasteiger partial charge in [-0.15, -0.1) is 0 Å². The van der Waals surface area contributed by atoms with Gasteiger partial charge in [0.1, 0.15) is 5.82 Å². The van der Waals surface area contributed by atoms with Crippen LogP contribution < -0.4 is 5.32 Å². The molecule has 2 aromatic heterocycles. The molecular weight excluding hydrogens is 212 g/mol. The molecule has 2 aromatic rings. The molecule has 1 saturated heterocycles. The number of imidazole rings is 1. The monoisotopic (exact) mass is 228 g/mol. The van der Waals surface area contributed by atoms with Crippen molar-refractivity contribution in [2.75, 3.05) is 6.54 Å². The third kappa shape index (κ3) is 1.85. The molecular formula is C13H16N4. The van der Waals surface area contributed by atoms with Crippen LogP contribution in [0.4, 0.5) is 0 Å². The molecule has 0 spiro atoms. The zero-order chi connectivity index (χ0) is 11.7. The molecule has 1 aliphatic rings. The molecule has 4 heteroatoms. The molecule has 0 aliphatic carbocycles. The predicted octanol–water partition coefficient (Wildman–Crippen LogP) is 1.91. The normalized spacial score (nSPS) is 19.7. The summed E-state index contributed by atoms with van der Waals surface area (Å²) in [7, 11) is 2.06. The molecule has 1 aliphatic heterocycles. The van der Waals surface area contributed by atoms with Crippen LogP contribution in [-0.2, 0) is 7.05 Å². The number of nitrogens with zero attached hydrogens (tertiary/aromatic N) is 3. The molecule has 0 saturated carbocycles. The van der Waals surface area contributed by atoms with Crippen molar-refractivity contribution >= 4 is 0 Å². The topological polar surface area (TPSA) is 42.7 Å². The second kappa shape index (κ2) is 4.30. The van der Waals surface area contributed by atoms with Gasteiger partial charge in [0.2, 0.25) is 0 Å². The second-order valence-corrected chi connectivity index (χ2v) is 4.42. The fraction of sp³-hybridized carbons (Fsp3) is 0.385. The Balaban J connectivity index is 1.97. The van der Waals surface area contributed by atoms with Crippen LogP contribution >= 0.6 is 0 Å². The maximum Gasteiger partial charge on any atom is 0.126 e. The van der Waals surface area contributed by atoms with Crippen LogP contribution in [0.5, 0.6) is 0 Å². The third-order valence-electron chi connectivity index (χ3n) is 3.32. The first-order valence-corrected chi connectivity index (χ1v) is 6.02. The van der Waals surface area contributed by atoms with E-state index in [4.69, 9.17) is 0 Å². The fourth-order valence-electron chi connectivity index (χ4n) is 2.40. The van der Waals surface area contributed by atoms with Crippen LogP contribution in [0.25, 0.3) is 11.4 Å². The Morgan fingerprint density at radius 1 is 1.35 bits per heavy atom. The average molecular weight is 228 g/mol. The van der Waals surface area contributed by atoms with Crippen LogP contribution in [0, 0.1) is 0 Å². The fourth-order valence-corrected chi connectivity index (χ4v) is 2.40. The molecule has 0 radical (unpaired) electrons. The van der Waals surface area contributed by atoms with Crippen molar-refractivity contribution in [3.05, 3.63) is 36.4 Å². The van der Waals surface area contributed by atoms with E-state index >= 15 is 0 Å². The van der Waals surface area contributed by atoms with E-state index in [0.717, 1.165) is 23.8 Å². The first kappa shape index (κ1) is 10.5. The molecule has 1 N–H and O–H groups in total. The Hall–Kier alpha value is -1.68. The van der Waals surface area contributed by atoms with Gasteiger partial charge in [-0.2, -0.15) is 0 Å². The first-order valence-electron chi connectivity index (χ1n) is 6.02. The maximum atomic E-state index is 4.53. The lowest BCUT2D eigenvalue weighted by Crippen LogP contribution is -2.17. The van der Waals surface area contributed by atoms with Gasteiger partial charge in [0, 0.05) is 13.2 Å². The van der Waals surface area contributed by atoms with E-state index in [0.29, 0.717) is 6.04 Å². The van der Waals surface area contributed by atoms with Gasteiger partial charge < -0.3 is 9.88 Å². The summed E-state index contributed by atoms with van der Waals surface area (Å²) in [6, 6.07) is 6.35. The summed E-state index contributed by atoms with van der Waals surface area (Å²) >= 11 is 0. The molecule has 17 heavy (non-hydrogen) atoms. The number of aromatic nitrogens is 3. The Bertz CT molecular complexity index is 497. The van der Waals surface area contributed by atoms with E-state index in [2.05, 4.69) is 26.9 Å². The quantitative estimate of drug-likeness (QED) is 0.853. The lowest BCUT2D eigenvalue weighted by molar-refractivity contribution is 0.581. The summed E-state index contributed by atoms with van der Waals surface area (Å²) < 4.78 is 2.14. The third-order valence-corrected chi connectivity index (χ3v) is 3.32. The highest BCUT2D eigenvalue weighted by molar-refractivity contribution is 5.53. The van der Waals surface area contributed by atoms with Gasteiger partial charge in [0.05, 0.1) is 23.6 Å². The molecule has 0 bridgehead atoms. The number of nitrogens with one attached hydrogen (secondary N) is 1. The number of rotatable bonds is 2. The van der Waals surface area contributed by atoms with Crippen molar-refractivity contribution in [1.29, 1.82) is 0 Å². The smallest absolute Gasteiger partial charge is 0.126 e. The van der Waals surface area contributed by atoms with Crippen LogP contribution in [0.15, 0.2) is 30.6 Å². The molecule has 4 nitrogen and oxygen atoms in total. The lowest BCUT2D eigenvalue weighted by atomic mass is 10.2. The standard InChI is InChI=1S/C13H16N4/c1-17-12(10-5-2-3-7-14-10)9-16-13(17)11-6-4-8-15-11/h2-3,5,7,9,11,15H,4,6,8H2,1H3. The summed E-state index contributed by atoms with van der Waals surface area (Å²) in [4.78, 5) is 8.90. The van der Waals surface area contributed by atoms with Crippen LogP contribution in [0.3, 0.4) is 0 Å². The minimum atomic E-state index is 0.400. The molecule has 88 valence electrons. The summed E-state index contributed by atoms with van der Waals surface area (Å²) in [5, 5.41) is 3.47. The molecule has 3 heterocycles. The van der Waals surface area contributed by atoms with Gasteiger partial charge in [0.25, 0.3) is 0 Å². The van der Waals surface area contributed by atoms with Crippen LogP contribution in [0.1, 0.15) is 24.7 Å². The minimum Gasteiger partial charge on any atom is -0.329 e. The summed E-state index contributed by atoms with van der Waals surface area (Å²) in [6.45, 7) is 1.09. The summed E-state index contributed by atoms with van der Waals surface area (Å²) in [6.07, 6.45) is 6.14. The van der Waals surface area contributed by atoms with E-state index in [1.165, 1.54) is 12.8 Å². The van der Waals surface area contributed by atoms with Crippen LogP contribution in [0.2, 0.25) is 0 Å². The van der Waals surface area contributed by atoms with Crippen molar-refractivity contribution in [2.45, 2.75) is 18.9 Å². The summed E-state index contributed by atoms with van der Waals surface area (Å²) in [5.74, 6) is 1.11. The Morgan fingerprint density at radius 3 is 3.00 bits per heavy atom. The highest BCUT2D eigenvalue weighted by atomic mass is 15.1. The molecule has 1 unspecified atom stereocenters. The van der Waals surface area contributed by atoms with Crippen molar-refractivity contribution in [1.82, 2.24) is 19.9 Å². The van der Waals surface area contributed by atoms with E-state index in [9.17, 15) is 0 Å². The lowest BCUT2D eigenvalue weighted by Gasteiger charge is -2.11. The van der Waals surface area contributed by atoms with Crippen molar-refractivity contribution in [3.63, 3.8) is 0 Å². The minimum absolute atomic E-state index is 0.400. The largest absolute Gasteiger partial charge is 0.329 e. The van der Waals surface area contributed by atoms with E-state index in [-0.39, 0.29) is 0 Å². The molecule has 1 atom stereocenters. The van der Waals surface area contributed by atoms with Gasteiger partial charge in [-0.3, -0.25) is 4.98 Å². The average Bonchev–Trinajstić information content (AvgIpc) is 2.99. The molecule has 3 rings (SSSR count). The molecule has 0 amide bonds. The number of hydrogen-bond acceptors (Lipinski definition) is 3. The zero-order valence-electron chi connectivity index (χ0n) is 9.93. The van der Waals surface area contributed by atoms with Crippen molar-refractivity contribution in [3.8, 4) is 11.4 Å². The van der Waals surface area contributed by atoms with Gasteiger partial charge >= 0.3 is 0 Å². The van der Waals surface area contributed by atoms with E-state index in [1.807, 2.05) is 30.6 Å². The van der Waals surface area contributed by atoms with Gasteiger partial charge in [-0.1, -0.05) is 6.07 Å². The highest BCUT2D eigenvalue weighted by Gasteiger charge is 2.21. The SMILES string of the molecule is Cn1c(-c2ccccn2)cnc1C1CCCN1. The Labute approximate surface area is 101 Å². The Kier molecular flexibility index (Phi) is 2.65. The van der Waals surface area contributed by atoms with Gasteiger partial charge in [-0.05, 0) is 31.5 Å². The van der Waals surface area contributed by atoms with Gasteiger partial charge in [0.15, 0.2) is 0 Å². The number of pyridine rings is 1. The zero-order valence-corrected chi connectivity index (χ0v) is 9.93. The van der Waals surface area contributed by atoms with Crippen molar-refractivity contribution < 1.29 is 0 Å². The number of hydrogen-bond donors (Lipinski definition) is 1. The maximum absolute atomic E-state index is 4.53. The second-order valence-electron chi connectivity index (χ2n) is 4.42.